The van der Waals surface area contributed by atoms with Gasteiger partial charge in [-0.15, -0.1) is 0 Å². The van der Waals surface area contributed by atoms with Crippen LogP contribution in [-0.2, 0) is 35.5 Å². The van der Waals surface area contributed by atoms with Crippen molar-refractivity contribution in [3.63, 3.8) is 0 Å². The Hall–Kier alpha value is -2.21. The van der Waals surface area contributed by atoms with Gasteiger partial charge in [0.2, 0.25) is 5.91 Å². The minimum absolute atomic E-state index is 0.0334. The maximum Gasteiger partial charge on any atom is 0.220 e. The van der Waals surface area contributed by atoms with Gasteiger partial charge >= 0.3 is 0 Å². The Kier molecular flexibility index (Phi) is 5.48. The van der Waals surface area contributed by atoms with Crippen LogP contribution in [0.5, 0.6) is 0 Å². The molecule has 0 unspecified atom stereocenters. The highest BCUT2D eigenvalue weighted by Gasteiger charge is 2.22. The van der Waals surface area contributed by atoms with E-state index < -0.39 is 0 Å². The molecule has 0 saturated carbocycles. The number of rotatable bonds is 6. The van der Waals surface area contributed by atoms with Crippen LogP contribution in [0, 0.1) is 5.82 Å². The molecule has 0 fully saturated rings. The predicted octanol–water partition coefficient (Wildman–Crippen LogP) is 2.92. The van der Waals surface area contributed by atoms with E-state index in [0.29, 0.717) is 32.0 Å². The summed E-state index contributed by atoms with van der Waals surface area (Å²) in [7, 11) is 0. The van der Waals surface area contributed by atoms with E-state index >= 15 is 0 Å². The van der Waals surface area contributed by atoms with Gasteiger partial charge in [0.05, 0.1) is 18.9 Å². The lowest BCUT2D eigenvalue weighted by Gasteiger charge is -2.16. The van der Waals surface area contributed by atoms with Crippen LogP contribution < -0.4 is 5.32 Å². The molecule has 1 aliphatic heterocycles. The number of hydrogen-bond donors (Lipinski definition) is 1. The number of ether oxygens (including phenoxy) is 1. The monoisotopic (exact) mass is 345 g/mol. The molecule has 0 radical (unpaired) electrons. The van der Waals surface area contributed by atoms with Crippen LogP contribution in [0.15, 0.2) is 24.3 Å². The first-order chi connectivity index (χ1) is 12.0. The minimum Gasteiger partial charge on any atom is -0.376 e. The molecule has 2 aromatic rings. The lowest BCUT2D eigenvalue weighted by molar-refractivity contribution is -0.121. The van der Waals surface area contributed by atoms with Crippen molar-refractivity contribution in [1.29, 1.82) is 0 Å². The summed E-state index contributed by atoms with van der Waals surface area (Å²) < 4.78 is 20.5. The van der Waals surface area contributed by atoms with Crippen LogP contribution in [-0.4, -0.2) is 22.3 Å². The first-order valence-corrected chi connectivity index (χ1v) is 8.72. The molecule has 0 spiro atoms. The first-order valence-electron chi connectivity index (χ1n) is 8.72. The highest BCUT2D eigenvalue weighted by Crippen LogP contribution is 2.24. The van der Waals surface area contributed by atoms with E-state index in [0.717, 1.165) is 29.8 Å². The zero-order valence-corrected chi connectivity index (χ0v) is 14.7. The molecule has 0 aliphatic carbocycles. The summed E-state index contributed by atoms with van der Waals surface area (Å²) in [5, 5.41) is 7.58. The summed E-state index contributed by atoms with van der Waals surface area (Å²) in [5.74, 6) is -0.309. The highest BCUT2D eigenvalue weighted by molar-refractivity contribution is 5.76. The number of carbonyl (C=O) groups excluding carboxylic acids is 1. The fraction of sp³-hybridized carbons (Fsp3) is 0.474. The Balaban J connectivity index is 1.57. The van der Waals surface area contributed by atoms with Crippen molar-refractivity contribution < 1.29 is 13.9 Å². The summed E-state index contributed by atoms with van der Waals surface area (Å²) >= 11 is 0. The molecule has 2 heterocycles. The topological polar surface area (TPSA) is 56.2 Å². The van der Waals surface area contributed by atoms with E-state index in [2.05, 4.69) is 23.8 Å². The lowest BCUT2D eigenvalue weighted by Crippen LogP contribution is -2.23. The second-order valence-electron chi connectivity index (χ2n) is 6.62. The number of hydrogen-bond acceptors (Lipinski definition) is 3. The third kappa shape index (κ3) is 4.25. The maximum absolute atomic E-state index is 12.9. The Labute approximate surface area is 147 Å². The quantitative estimate of drug-likeness (QED) is 0.876. The smallest absolute Gasteiger partial charge is 0.220 e. The van der Waals surface area contributed by atoms with Crippen molar-refractivity contribution in [2.45, 2.75) is 52.3 Å². The molecule has 1 aromatic heterocycles. The highest BCUT2D eigenvalue weighted by atomic mass is 19.1. The molecule has 1 aliphatic rings. The van der Waals surface area contributed by atoms with Crippen LogP contribution in [0.2, 0.25) is 0 Å². The van der Waals surface area contributed by atoms with Gasteiger partial charge in [-0.2, -0.15) is 5.10 Å². The summed E-state index contributed by atoms with van der Waals surface area (Å²) in [5.41, 5.74) is 4.22. The normalized spacial score (nSPS) is 13.8. The SMILES string of the molecule is CC(C)n1nc(CCC(=O)NCc2ccc(F)cc2)c2c1CCOC2. The van der Waals surface area contributed by atoms with E-state index in [-0.39, 0.29) is 11.7 Å². The van der Waals surface area contributed by atoms with E-state index in [1.54, 1.807) is 12.1 Å². The molecule has 134 valence electrons. The van der Waals surface area contributed by atoms with E-state index in [4.69, 9.17) is 9.84 Å². The van der Waals surface area contributed by atoms with Crippen LogP contribution in [0.3, 0.4) is 0 Å². The summed E-state index contributed by atoms with van der Waals surface area (Å²) in [6.07, 6.45) is 1.85. The molecule has 0 saturated heterocycles. The van der Waals surface area contributed by atoms with Crippen LogP contribution in [0.25, 0.3) is 0 Å². The Morgan fingerprint density at radius 2 is 2.12 bits per heavy atom. The summed E-state index contributed by atoms with van der Waals surface area (Å²) in [6.45, 7) is 5.93. The molecule has 0 atom stereocenters. The third-order valence-electron chi connectivity index (χ3n) is 4.41. The van der Waals surface area contributed by atoms with Gasteiger partial charge in [-0.3, -0.25) is 9.48 Å². The van der Waals surface area contributed by atoms with Crippen LogP contribution in [0.4, 0.5) is 4.39 Å². The van der Waals surface area contributed by atoms with Crippen LogP contribution >= 0.6 is 0 Å². The van der Waals surface area contributed by atoms with Crippen molar-refractivity contribution in [2.75, 3.05) is 6.61 Å². The number of benzene rings is 1. The maximum atomic E-state index is 12.9. The van der Waals surface area contributed by atoms with Gasteiger partial charge in [-0.1, -0.05) is 12.1 Å². The predicted molar refractivity (Wildman–Crippen MR) is 92.5 cm³/mol. The molecular weight excluding hydrogens is 321 g/mol. The number of nitrogens with zero attached hydrogens (tertiary/aromatic N) is 2. The molecule has 0 bridgehead atoms. The van der Waals surface area contributed by atoms with Gasteiger partial charge in [-0.05, 0) is 31.5 Å². The van der Waals surface area contributed by atoms with Crippen molar-refractivity contribution in [1.82, 2.24) is 15.1 Å². The minimum atomic E-state index is -0.275. The zero-order chi connectivity index (χ0) is 17.8. The van der Waals surface area contributed by atoms with E-state index in [9.17, 15) is 9.18 Å². The number of halogens is 1. The average molecular weight is 345 g/mol. The Morgan fingerprint density at radius 3 is 2.84 bits per heavy atom. The molecule has 5 nitrogen and oxygen atoms in total. The standard InChI is InChI=1S/C19H24FN3O2/c1-13(2)23-18-9-10-25-12-16(18)17(22-23)7-8-19(24)21-11-14-3-5-15(20)6-4-14/h3-6,13H,7-12H2,1-2H3,(H,21,24). The molecule has 6 heteroatoms. The first kappa shape index (κ1) is 17.6. The van der Waals surface area contributed by atoms with Gasteiger partial charge in [0.15, 0.2) is 0 Å². The number of nitrogens with one attached hydrogen (secondary N) is 1. The second-order valence-corrected chi connectivity index (χ2v) is 6.62. The van der Waals surface area contributed by atoms with Gasteiger partial charge in [0.25, 0.3) is 0 Å². The van der Waals surface area contributed by atoms with Crippen molar-refractivity contribution >= 4 is 5.91 Å². The Morgan fingerprint density at radius 1 is 1.36 bits per heavy atom. The lowest BCUT2D eigenvalue weighted by atomic mass is 10.1. The molecule has 1 amide bonds. The molecule has 1 aromatic carbocycles. The van der Waals surface area contributed by atoms with Crippen molar-refractivity contribution in [3.8, 4) is 0 Å². The largest absolute Gasteiger partial charge is 0.376 e. The summed E-state index contributed by atoms with van der Waals surface area (Å²) in [4.78, 5) is 12.1. The van der Waals surface area contributed by atoms with Gasteiger partial charge in [0.1, 0.15) is 5.82 Å². The average Bonchev–Trinajstić information content (AvgIpc) is 2.98. The number of carbonyl (C=O) groups is 1. The second kappa shape index (κ2) is 7.78. The number of aryl methyl sites for hydroxylation is 1. The van der Waals surface area contributed by atoms with Crippen molar-refractivity contribution in [3.05, 3.63) is 52.6 Å². The zero-order valence-electron chi connectivity index (χ0n) is 14.7. The number of fused-ring (bicyclic) bond motifs is 1. The molecule has 25 heavy (non-hydrogen) atoms. The number of aromatic nitrogens is 2. The fourth-order valence-electron chi connectivity index (χ4n) is 3.08. The summed E-state index contributed by atoms with van der Waals surface area (Å²) in [6, 6.07) is 6.44. The fourth-order valence-corrected chi connectivity index (χ4v) is 3.08. The van der Waals surface area contributed by atoms with Gasteiger partial charge in [0, 0.05) is 43.1 Å². The third-order valence-corrected chi connectivity index (χ3v) is 4.41. The van der Waals surface area contributed by atoms with Gasteiger partial charge in [-0.25, -0.2) is 4.39 Å². The number of amides is 1. The molecule has 1 N–H and O–H groups in total. The van der Waals surface area contributed by atoms with Crippen molar-refractivity contribution in [2.24, 2.45) is 0 Å². The van der Waals surface area contributed by atoms with E-state index in [1.807, 2.05) is 0 Å². The van der Waals surface area contributed by atoms with E-state index in [1.165, 1.54) is 17.8 Å². The molecular formula is C19H24FN3O2. The Bertz CT molecular complexity index is 738. The van der Waals surface area contributed by atoms with Gasteiger partial charge < -0.3 is 10.1 Å². The molecule has 3 rings (SSSR count). The van der Waals surface area contributed by atoms with Crippen LogP contribution in [0.1, 0.15) is 48.8 Å².